The molecule has 0 aromatic heterocycles. The van der Waals surface area contributed by atoms with Crippen LogP contribution in [-0.2, 0) is 4.79 Å². The number of rotatable bonds is 6. The van der Waals surface area contributed by atoms with Crippen molar-refractivity contribution in [2.24, 2.45) is 0 Å². The van der Waals surface area contributed by atoms with Gasteiger partial charge in [-0.1, -0.05) is 20.3 Å². The molecular formula is C9H18O2. The zero-order valence-electron chi connectivity index (χ0n) is 7.47. The predicted molar refractivity (Wildman–Crippen MR) is 45.4 cm³/mol. The molecule has 0 spiro atoms. The number of aliphatic hydroxyl groups is 1. The Hall–Kier alpha value is -0.370. The highest BCUT2D eigenvalue weighted by Gasteiger charge is 2.07. The number of carbonyl (C=O) groups is 1. The monoisotopic (exact) mass is 158 g/mol. The summed E-state index contributed by atoms with van der Waals surface area (Å²) in [7, 11) is 0. The molecule has 0 aliphatic rings. The van der Waals surface area contributed by atoms with Gasteiger partial charge in [0.2, 0.25) is 0 Å². The highest BCUT2D eigenvalue weighted by atomic mass is 16.3. The number of carbonyl (C=O) groups excluding carboxylic acids is 1. The fraction of sp³-hybridized carbons (Fsp3) is 0.889. The second-order valence-electron chi connectivity index (χ2n) is 2.94. The molecule has 0 unspecified atom stereocenters. The van der Waals surface area contributed by atoms with Gasteiger partial charge in [-0.05, 0) is 12.8 Å². The normalized spacial score (nSPS) is 13.0. The molecule has 0 radical (unpaired) electrons. The van der Waals surface area contributed by atoms with Crippen molar-refractivity contribution in [2.75, 3.05) is 0 Å². The predicted octanol–water partition coefficient (Wildman–Crippen LogP) is 1.91. The van der Waals surface area contributed by atoms with Gasteiger partial charge in [0.25, 0.3) is 0 Å². The lowest BCUT2D eigenvalue weighted by molar-refractivity contribution is -0.121. The third kappa shape index (κ3) is 6.05. The molecule has 0 aliphatic heterocycles. The van der Waals surface area contributed by atoms with Crippen LogP contribution in [0.25, 0.3) is 0 Å². The Morgan fingerprint density at radius 1 is 1.36 bits per heavy atom. The minimum absolute atomic E-state index is 0.188. The zero-order valence-corrected chi connectivity index (χ0v) is 7.47. The molecule has 0 amide bonds. The molecule has 0 rings (SSSR count). The van der Waals surface area contributed by atoms with Crippen molar-refractivity contribution in [2.45, 2.75) is 52.1 Å². The molecule has 0 bridgehead atoms. The van der Waals surface area contributed by atoms with Gasteiger partial charge >= 0.3 is 0 Å². The molecule has 0 aliphatic carbocycles. The van der Waals surface area contributed by atoms with Crippen LogP contribution >= 0.6 is 0 Å². The summed E-state index contributed by atoms with van der Waals surface area (Å²) in [4.78, 5) is 11.0. The first-order chi connectivity index (χ1) is 5.20. The van der Waals surface area contributed by atoms with E-state index in [-0.39, 0.29) is 5.78 Å². The van der Waals surface area contributed by atoms with E-state index in [9.17, 15) is 9.90 Å². The first-order valence-corrected chi connectivity index (χ1v) is 4.40. The van der Waals surface area contributed by atoms with E-state index in [0.717, 1.165) is 19.3 Å². The Morgan fingerprint density at radius 2 is 2.00 bits per heavy atom. The van der Waals surface area contributed by atoms with Crippen molar-refractivity contribution < 1.29 is 9.90 Å². The lowest BCUT2D eigenvalue weighted by Crippen LogP contribution is -2.12. The molecule has 1 N–H and O–H groups in total. The minimum Gasteiger partial charge on any atom is -0.393 e. The quantitative estimate of drug-likeness (QED) is 0.641. The van der Waals surface area contributed by atoms with Gasteiger partial charge in [-0.3, -0.25) is 4.79 Å². The number of Topliss-reactive ketones (excluding diaryl/α,β-unsaturated/α-hetero) is 1. The fourth-order valence-electron chi connectivity index (χ4n) is 1.08. The van der Waals surface area contributed by atoms with E-state index in [0.29, 0.717) is 12.8 Å². The second-order valence-corrected chi connectivity index (χ2v) is 2.94. The maximum atomic E-state index is 11.0. The van der Waals surface area contributed by atoms with E-state index in [1.54, 1.807) is 0 Å². The van der Waals surface area contributed by atoms with Crippen molar-refractivity contribution in [3.63, 3.8) is 0 Å². The average molecular weight is 158 g/mol. The molecule has 66 valence electrons. The van der Waals surface area contributed by atoms with Gasteiger partial charge in [-0.2, -0.15) is 0 Å². The third-order valence-corrected chi connectivity index (χ3v) is 1.61. The maximum absolute atomic E-state index is 11.0. The molecular weight excluding hydrogens is 140 g/mol. The Bertz CT molecular complexity index is 110. The largest absolute Gasteiger partial charge is 0.393 e. The van der Waals surface area contributed by atoms with Gasteiger partial charge in [0.1, 0.15) is 5.78 Å². The molecule has 0 fully saturated rings. The Morgan fingerprint density at radius 3 is 2.45 bits per heavy atom. The van der Waals surface area contributed by atoms with Crippen LogP contribution in [0.4, 0.5) is 0 Å². The Balaban J connectivity index is 3.40. The lowest BCUT2D eigenvalue weighted by Gasteiger charge is -2.06. The average Bonchev–Trinajstić information content (AvgIpc) is 1.87. The van der Waals surface area contributed by atoms with Crippen LogP contribution in [0, 0.1) is 0 Å². The minimum atomic E-state index is -0.404. The molecule has 2 nitrogen and oxygen atoms in total. The van der Waals surface area contributed by atoms with Gasteiger partial charge in [-0.15, -0.1) is 0 Å². The van der Waals surface area contributed by atoms with Crippen molar-refractivity contribution >= 4 is 5.78 Å². The summed E-state index contributed by atoms with van der Waals surface area (Å²) in [6.07, 6.45) is 3.13. The smallest absolute Gasteiger partial charge is 0.135 e. The molecule has 2 heteroatoms. The number of ketones is 1. The number of aliphatic hydroxyl groups excluding tert-OH is 1. The molecule has 0 heterocycles. The first kappa shape index (κ1) is 10.6. The number of hydrogen-bond donors (Lipinski definition) is 1. The highest BCUT2D eigenvalue weighted by Crippen LogP contribution is 2.04. The molecule has 1 atom stereocenters. The first-order valence-electron chi connectivity index (χ1n) is 4.40. The van der Waals surface area contributed by atoms with Gasteiger partial charge in [0, 0.05) is 12.8 Å². The summed E-state index contributed by atoms with van der Waals surface area (Å²) < 4.78 is 0. The van der Waals surface area contributed by atoms with Gasteiger partial charge in [0.15, 0.2) is 0 Å². The van der Waals surface area contributed by atoms with Crippen molar-refractivity contribution in [3.8, 4) is 0 Å². The maximum Gasteiger partial charge on any atom is 0.135 e. The van der Waals surface area contributed by atoms with Crippen molar-refractivity contribution in [3.05, 3.63) is 0 Å². The van der Waals surface area contributed by atoms with Gasteiger partial charge < -0.3 is 5.11 Å². The van der Waals surface area contributed by atoms with Gasteiger partial charge in [-0.25, -0.2) is 0 Å². The molecule has 11 heavy (non-hydrogen) atoms. The lowest BCUT2D eigenvalue weighted by atomic mass is 10.1. The molecule has 0 aromatic rings. The fourth-order valence-corrected chi connectivity index (χ4v) is 1.08. The highest BCUT2D eigenvalue weighted by molar-refractivity contribution is 5.78. The Kier molecular flexibility index (Phi) is 6.13. The SMILES string of the molecule is CCCC(=O)C[C@@H](O)CCC. The Labute approximate surface area is 68.6 Å². The van der Waals surface area contributed by atoms with Crippen LogP contribution in [0.1, 0.15) is 46.0 Å². The van der Waals surface area contributed by atoms with Crippen LogP contribution < -0.4 is 0 Å². The van der Waals surface area contributed by atoms with E-state index < -0.39 is 6.10 Å². The van der Waals surface area contributed by atoms with Crippen molar-refractivity contribution in [1.82, 2.24) is 0 Å². The van der Waals surface area contributed by atoms with Crippen LogP contribution in [0.5, 0.6) is 0 Å². The molecule has 0 saturated carbocycles. The second kappa shape index (κ2) is 6.35. The number of hydrogen-bond acceptors (Lipinski definition) is 2. The summed E-state index contributed by atoms with van der Waals surface area (Å²) >= 11 is 0. The molecule has 0 saturated heterocycles. The van der Waals surface area contributed by atoms with E-state index in [2.05, 4.69) is 0 Å². The van der Waals surface area contributed by atoms with Gasteiger partial charge in [0.05, 0.1) is 6.10 Å². The summed E-state index contributed by atoms with van der Waals surface area (Å²) in [5.74, 6) is 0.188. The van der Waals surface area contributed by atoms with E-state index in [1.807, 2.05) is 13.8 Å². The topological polar surface area (TPSA) is 37.3 Å². The molecule has 0 aromatic carbocycles. The summed E-state index contributed by atoms with van der Waals surface area (Å²) in [5, 5.41) is 9.23. The van der Waals surface area contributed by atoms with Crippen LogP contribution in [-0.4, -0.2) is 17.0 Å². The van der Waals surface area contributed by atoms with Crippen molar-refractivity contribution in [1.29, 1.82) is 0 Å². The standard InChI is InChI=1S/C9H18O2/c1-3-5-8(10)7-9(11)6-4-2/h8,10H,3-7H2,1-2H3/t8-/m0/s1. The van der Waals surface area contributed by atoms with Crippen LogP contribution in [0.3, 0.4) is 0 Å². The van der Waals surface area contributed by atoms with E-state index in [1.165, 1.54) is 0 Å². The van der Waals surface area contributed by atoms with Crippen LogP contribution in [0.2, 0.25) is 0 Å². The van der Waals surface area contributed by atoms with E-state index >= 15 is 0 Å². The zero-order chi connectivity index (χ0) is 8.69. The van der Waals surface area contributed by atoms with Crippen LogP contribution in [0.15, 0.2) is 0 Å². The summed E-state index contributed by atoms with van der Waals surface area (Å²) in [5.41, 5.74) is 0. The third-order valence-electron chi connectivity index (χ3n) is 1.61. The van der Waals surface area contributed by atoms with E-state index in [4.69, 9.17) is 0 Å². The summed E-state index contributed by atoms with van der Waals surface area (Å²) in [6.45, 7) is 3.98. The summed E-state index contributed by atoms with van der Waals surface area (Å²) in [6, 6.07) is 0.